The van der Waals surface area contributed by atoms with Gasteiger partial charge in [0, 0.05) is 36.8 Å². The fourth-order valence-electron chi connectivity index (χ4n) is 2.62. The van der Waals surface area contributed by atoms with E-state index in [0.29, 0.717) is 17.7 Å². The molecule has 0 aliphatic heterocycles. The number of aromatic hydroxyl groups is 1. The Labute approximate surface area is 135 Å². The fraction of sp³-hybridized carbons (Fsp3) is 0.500. The maximum atomic E-state index is 11.7. The Morgan fingerprint density at radius 3 is 3.00 bits per heavy atom. The lowest BCUT2D eigenvalue weighted by atomic mass is 10.1. The molecule has 0 bridgehead atoms. The molecule has 0 atom stereocenters. The second-order valence-electron chi connectivity index (χ2n) is 6.23. The van der Waals surface area contributed by atoms with Crippen molar-refractivity contribution < 1.29 is 14.3 Å². The number of nitrogens with one attached hydrogen (secondary N) is 1. The highest BCUT2D eigenvalue weighted by molar-refractivity contribution is 5.84. The molecule has 23 heavy (non-hydrogen) atoms. The molecule has 1 heterocycles. The Morgan fingerprint density at radius 1 is 1.39 bits per heavy atom. The summed E-state index contributed by atoms with van der Waals surface area (Å²) in [6.07, 6.45) is 3.58. The lowest BCUT2D eigenvalue weighted by molar-refractivity contribution is 0.122. The molecule has 1 aromatic heterocycles. The van der Waals surface area contributed by atoms with Crippen LogP contribution in [-0.2, 0) is 11.3 Å². The summed E-state index contributed by atoms with van der Waals surface area (Å²) in [5, 5.41) is 13.9. The van der Waals surface area contributed by atoms with Crippen LogP contribution in [0.5, 0.6) is 5.75 Å². The molecule has 3 rings (SSSR count). The van der Waals surface area contributed by atoms with E-state index in [4.69, 9.17) is 9.15 Å². The maximum Gasteiger partial charge on any atom is 0.336 e. The number of aryl methyl sites for hydroxylation is 1. The van der Waals surface area contributed by atoms with E-state index in [9.17, 15) is 9.90 Å². The van der Waals surface area contributed by atoms with Gasteiger partial charge in [-0.25, -0.2) is 4.79 Å². The average Bonchev–Trinajstić information content (AvgIpc) is 3.34. The maximum absolute atomic E-state index is 11.7. The summed E-state index contributed by atoms with van der Waals surface area (Å²) in [5.41, 5.74) is 1.55. The normalized spacial score (nSPS) is 14.5. The predicted octanol–water partition coefficient (Wildman–Crippen LogP) is 2.71. The van der Waals surface area contributed by atoms with Crippen LogP contribution in [0.4, 0.5) is 0 Å². The molecule has 1 aliphatic rings. The van der Waals surface area contributed by atoms with Crippen molar-refractivity contribution in [2.75, 3.05) is 19.8 Å². The van der Waals surface area contributed by atoms with Crippen molar-refractivity contribution in [3.63, 3.8) is 0 Å². The van der Waals surface area contributed by atoms with E-state index in [0.717, 1.165) is 43.0 Å². The molecule has 1 aliphatic carbocycles. The Kier molecular flexibility index (Phi) is 4.98. The van der Waals surface area contributed by atoms with Crippen LogP contribution in [0.25, 0.3) is 11.0 Å². The molecule has 1 saturated carbocycles. The summed E-state index contributed by atoms with van der Waals surface area (Å²) in [7, 11) is 0. The first kappa shape index (κ1) is 16.0. The summed E-state index contributed by atoms with van der Waals surface area (Å²) in [6.45, 7) is 4.84. The minimum Gasteiger partial charge on any atom is -0.508 e. The van der Waals surface area contributed by atoms with Crippen LogP contribution in [0, 0.1) is 12.8 Å². The number of phenols is 1. The van der Waals surface area contributed by atoms with Crippen LogP contribution in [-0.4, -0.2) is 24.9 Å². The van der Waals surface area contributed by atoms with Crippen molar-refractivity contribution in [2.24, 2.45) is 5.92 Å². The lowest BCUT2D eigenvalue weighted by Gasteiger charge is -2.09. The highest BCUT2D eigenvalue weighted by Crippen LogP contribution is 2.29. The molecular weight excluding hydrogens is 294 g/mol. The number of ether oxygens (including phenoxy) is 1. The van der Waals surface area contributed by atoms with E-state index < -0.39 is 5.63 Å². The van der Waals surface area contributed by atoms with Crippen LogP contribution >= 0.6 is 0 Å². The van der Waals surface area contributed by atoms with Gasteiger partial charge in [0.15, 0.2) is 0 Å². The first-order valence-electron chi connectivity index (χ1n) is 8.19. The molecule has 0 radical (unpaired) electrons. The Balaban J connectivity index is 1.56. The van der Waals surface area contributed by atoms with Crippen LogP contribution in [0.3, 0.4) is 0 Å². The van der Waals surface area contributed by atoms with Gasteiger partial charge in [0.1, 0.15) is 11.3 Å². The number of phenolic OH excluding ortho intramolecular Hbond substituents is 1. The van der Waals surface area contributed by atoms with Gasteiger partial charge in [-0.1, -0.05) is 0 Å². The van der Waals surface area contributed by atoms with E-state index in [1.165, 1.54) is 18.9 Å². The minimum atomic E-state index is -0.393. The third-order valence-electron chi connectivity index (χ3n) is 4.23. The van der Waals surface area contributed by atoms with Gasteiger partial charge in [-0.05, 0) is 56.3 Å². The Morgan fingerprint density at radius 2 is 2.22 bits per heavy atom. The first-order valence-corrected chi connectivity index (χ1v) is 8.19. The molecule has 2 aromatic rings. The van der Waals surface area contributed by atoms with Gasteiger partial charge in [-0.3, -0.25) is 0 Å². The first-order chi connectivity index (χ1) is 11.1. The fourth-order valence-corrected chi connectivity index (χ4v) is 2.62. The van der Waals surface area contributed by atoms with Gasteiger partial charge < -0.3 is 19.6 Å². The van der Waals surface area contributed by atoms with Crippen LogP contribution in [0.15, 0.2) is 27.4 Å². The molecule has 5 heteroatoms. The predicted molar refractivity (Wildman–Crippen MR) is 88.8 cm³/mol. The Hall–Kier alpha value is -1.85. The van der Waals surface area contributed by atoms with Gasteiger partial charge in [0.05, 0.1) is 0 Å². The third-order valence-corrected chi connectivity index (χ3v) is 4.23. The molecule has 0 spiro atoms. The van der Waals surface area contributed by atoms with Crippen molar-refractivity contribution in [3.8, 4) is 5.75 Å². The van der Waals surface area contributed by atoms with Gasteiger partial charge in [-0.15, -0.1) is 0 Å². The molecule has 0 unspecified atom stereocenters. The van der Waals surface area contributed by atoms with Crippen molar-refractivity contribution in [1.82, 2.24) is 5.32 Å². The zero-order chi connectivity index (χ0) is 16.2. The number of rotatable bonds is 8. The van der Waals surface area contributed by atoms with Gasteiger partial charge >= 0.3 is 5.63 Å². The van der Waals surface area contributed by atoms with E-state index in [2.05, 4.69) is 5.32 Å². The molecule has 1 aromatic carbocycles. The van der Waals surface area contributed by atoms with Gasteiger partial charge in [-0.2, -0.15) is 0 Å². The van der Waals surface area contributed by atoms with E-state index in [1.54, 1.807) is 19.1 Å². The summed E-state index contributed by atoms with van der Waals surface area (Å²) in [6, 6.07) is 4.93. The van der Waals surface area contributed by atoms with E-state index in [1.807, 2.05) is 0 Å². The average molecular weight is 317 g/mol. The summed E-state index contributed by atoms with van der Waals surface area (Å²) in [4.78, 5) is 11.7. The largest absolute Gasteiger partial charge is 0.508 e. The standard InChI is InChI=1S/C18H23NO4/c1-12-16(20)6-5-15-14(9-17(21)23-18(12)15)10-19-7-2-8-22-11-13-3-4-13/h5-6,9,13,19-20H,2-4,7-8,10-11H2,1H3. The zero-order valence-electron chi connectivity index (χ0n) is 13.4. The zero-order valence-corrected chi connectivity index (χ0v) is 13.4. The number of benzene rings is 1. The molecular formula is C18H23NO4. The van der Waals surface area contributed by atoms with Crippen molar-refractivity contribution in [1.29, 1.82) is 0 Å². The monoisotopic (exact) mass is 317 g/mol. The van der Waals surface area contributed by atoms with Crippen molar-refractivity contribution in [2.45, 2.75) is 32.7 Å². The number of hydrogen-bond acceptors (Lipinski definition) is 5. The topological polar surface area (TPSA) is 71.7 Å². The smallest absolute Gasteiger partial charge is 0.336 e. The van der Waals surface area contributed by atoms with Crippen LogP contribution < -0.4 is 10.9 Å². The molecule has 1 fully saturated rings. The number of hydrogen-bond donors (Lipinski definition) is 2. The third kappa shape index (κ3) is 4.12. The van der Waals surface area contributed by atoms with E-state index in [-0.39, 0.29) is 5.75 Å². The number of fused-ring (bicyclic) bond motifs is 1. The van der Waals surface area contributed by atoms with Crippen molar-refractivity contribution >= 4 is 11.0 Å². The SMILES string of the molecule is Cc1c(O)ccc2c(CNCCCOCC3CC3)cc(=O)oc12. The highest BCUT2D eigenvalue weighted by Gasteiger charge is 2.20. The second-order valence-corrected chi connectivity index (χ2v) is 6.23. The van der Waals surface area contributed by atoms with Gasteiger partial charge in [0.25, 0.3) is 0 Å². The highest BCUT2D eigenvalue weighted by atomic mass is 16.5. The molecule has 2 N–H and O–H groups in total. The minimum absolute atomic E-state index is 0.138. The molecule has 0 amide bonds. The quantitative estimate of drug-likeness (QED) is 0.578. The van der Waals surface area contributed by atoms with E-state index >= 15 is 0 Å². The molecule has 5 nitrogen and oxygen atoms in total. The van der Waals surface area contributed by atoms with Crippen LogP contribution in [0.2, 0.25) is 0 Å². The molecule has 124 valence electrons. The summed E-state index contributed by atoms with van der Waals surface area (Å²) >= 11 is 0. The lowest BCUT2D eigenvalue weighted by Crippen LogP contribution is -2.18. The van der Waals surface area contributed by atoms with Crippen molar-refractivity contribution in [3.05, 3.63) is 39.7 Å². The second kappa shape index (κ2) is 7.15. The van der Waals surface area contributed by atoms with Crippen LogP contribution in [0.1, 0.15) is 30.4 Å². The van der Waals surface area contributed by atoms with Gasteiger partial charge in [0.2, 0.25) is 0 Å². The Bertz CT molecular complexity index is 734. The molecule has 0 saturated heterocycles. The summed E-state index contributed by atoms with van der Waals surface area (Å²) < 4.78 is 10.8. The summed E-state index contributed by atoms with van der Waals surface area (Å²) in [5.74, 6) is 0.941.